The molecule has 1 aliphatic heterocycles. The van der Waals surface area contributed by atoms with Crippen LogP contribution < -0.4 is 10.6 Å². The van der Waals surface area contributed by atoms with Crippen LogP contribution in [0.5, 0.6) is 0 Å². The fourth-order valence-electron chi connectivity index (χ4n) is 1.96. The van der Waals surface area contributed by atoms with Crippen molar-refractivity contribution in [2.24, 2.45) is 0 Å². The van der Waals surface area contributed by atoms with E-state index in [0.717, 1.165) is 18.7 Å². The third-order valence-corrected chi connectivity index (χ3v) is 2.94. The molecule has 0 saturated carbocycles. The number of anilines is 1. The van der Waals surface area contributed by atoms with Crippen molar-refractivity contribution in [3.8, 4) is 0 Å². The van der Waals surface area contributed by atoms with E-state index in [1.54, 1.807) is 23.4 Å². The molecule has 1 aliphatic rings. The maximum absolute atomic E-state index is 12.4. The first kappa shape index (κ1) is 13.3. The highest BCUT2D eigenvalue weighted by atomic mass is 16.2. The molecule has 2 amide bonds. The number of pyridine rings is 1. The van der Waals surface area contributed by atoms with E-state index >= 15 is 0 Å². The number of aromatic nitrogens is 1. The zero-order valence-electron chi connectivity index (χ0n) is 11.0. The number of hydrogen-bond acceptors (Lipinski definition) is 4. The lowest BCUT2D eigenvalue weighted by Gasteiger charge is -2.27. The number of nitrogens with one attached hydrogen (secondary N) is 2. The van der Waals surface area contributed by atoms with Crippen molar-refractivity contribution in [1.82, 2.24) is 15.2 Å². The summed E-state index contributed by atoms with van der Waals surface area (Å²) in [5, 5.41) is 5.89. The molecule has 0 atom stereocenters. The van der Waals surface area contributed by atoms with Gasteiger partial charge in [0.05, 0.1) is 24.0 Å². The number of hydrogen-bond donors (Lipinski definition) is 2. The molecular weight excluding hydrogens is 244 g/mol. The highest BCUT2D eigenvalue weighted by Crippen LogP contribution is 2.16. The van der Waals surface area contributed by atoms with Crippen LogP contribution in [0.4, 0.5) is 5.69 Å². The highest BCUT2D eigenvalue weighted by Gasteiger charge is 2.23. The molecule has 0 radical (unpaired) electrons. The number of rotatable bonds is 4. The fraction of sp³-hybridized carbons (Fsp3) is 0.462. The first-order chi connectivity index (χ1) is 9.22. The molecule has 0 spiro atoms. The molecule has 0 bridgehead atoms. The second-order valence-electron chi connectivity index (χ2n) is 4.42. The van der Waals surface area contributed by atoms with E-state index in [-0.39, 0.29) is 18.4 Å². The Labute approximate surface area is 112 Å². The molecule has 6 nitrogen and oxygen atoms in total. The van der Waals surface area contributed by atoms with Crippen LogP contribution in [0, 0.1) is 0 Å². The summed E-state index contributed by atoms with van der Waals surface area (Å²) >= 11 is 0. The average Bonchev–Trinajstić information content (AvgIpc) is 2.44. The third kappa shape index (κ3) is 3.21. The van der Waals surface area contributed by atoms with Crippen LogP contribution in [0.25, 0.3) is 0 Å². The maximum atomic E-state index is 12.4. The predicted octanol–water partition coefficient (Wildman–Crippen LogP) is 0.475. The minimum absolute atomic E-state index is 0.114. The van der Waals surface area contributed by atoms with E-state index in [9.17, 15) is 9.59 Å². The second-order valence-corrected chi connectivity index (χ2v) is 4.42. The van der Waals surface area contributed by atoms with Crippen molar-refractivity contribution in [2.75, 3.05) is 31.5 Å². The van der Waals surface area contributed by atoms with Gasteiger partial charge in [-0.1, -0.05) is 6.92 Å². The van der Waals surface area contributed by atoms with Crippen molar-refractivity contribution < 1.29 is 9.59 Å². The van der Waals surface area contributed by atoms with Crippen LogP contribution in [-0.2, 0) is 4.79 Å². The van der Waals surface area contributed by atoms with Crippen molar-refractivity contribution in [2.45, 2.75) is 13.3 Å². The lowest BCUT2D eigenvalue weighted by Crippen LogP contribution is -2.50. The van der Waals surface area contributed by atoms with E-state index in [4.69, 9.17) is 0 Å². The summed E-state index contributed by atoms with van der Waals surface area (Å²) < 4.78 is 0. The van der Waals surface area contributed by atoms with Crippen LogP contribution in [0.15, 0.2) is 18.5 Å². The van der Waals surface area contributed by atoms with Gasteiger partial charge in [0.25, 0.3) is 5.91 Å². The molecule has 6 heteroatoms. The molecule has 1 aromatic heterocycles. The lowest BCUT2D eigenvalue weighted by atomic mass is 10.2. The normalized spacial score (nSPS) is 15.0. The Kier molecular flexibility index (Phi) is 4.33. The highest BCUT2D eigenvalue weighted by molar-refractivity contribution is 6.01. The van der Waals surface area contributed by atoms with Crippen LogP contribution in [0.2, 0.25) is 0 Å². The van der Waals surface area contributed by atoms with Gasteiger partial charge < -0.3 is 15.5 Å². The number of amides is 2. The van der Waals surface area contributed by atoms with Crippen molar-refractivity contribution >= 4 is 17.5 Å². The molecular formula is C13H18N4O2. The van der Waals surface area contributed by atoms with Crippen LogP contribution in [-0.4, -0.2) is 47.9 Å². The fourth-order valence-corrected chi connectivity index (χ4v) is 1.96. The van der Waals surface area contributed by atoms with Crippen LogP contribution >= 0.6 is 0 Å². The molecule has 1 aromatic rings. The summed E-state index contributed by atoms with van der Waals surface area (Å²) in [5.41, 5.74) is 1.29. The molecule has 0 aromatic carbocycles. The molecule has 2 heterocycles. The zero-order chi connectivity index (χ0) is 13.7. The Bertz CT molecular complexity index is 475. The van der Waals surface area contributed by atoms with Crippen LogP contribution in [0.1, 0.15) is 23.7 Å². The number of nitrogens with zero attached hydrogens (tertiary/aromatic N) is 2. The molecule has 0 unspecified atom stereocenters. The summed E-state index contributed by atoms with van der Waals surface area (Å²) in [6.07, 6.45) is 4.20. The molecule has 2 N–H and O–H groups in total. The van der Waals surface area contributed by atoms with Gasteiger partial charge in [-0.15, -0.1) is 0 Å². The van der Waals surface area contributed by atoms with Gasteiger partial charge in [0.15, 0.2) is 0 Å². The van der Waals surface area contributed by atoms with Gasteiger partial charge >= 0.3 is 0 Å². The van der Waals surface area contributed by atoms with E-state index in [0.29, 0.717) is 18.7 Å². The van der Waals surface area contributed by atoms with Crippen molar-refractivity contribution in [3.63, 3.8) is 0 Å². The molecule has 1 fully saturated rings. The van der Waals surface area contributed by atoms with E-state index in [2.05, 4.69) is 22.5 Å². The molecule has 1 saturated heterocycles. The first-order valence-electron chi connectivity index (χ1n) is 6.46. The summed E-state index contributed by atoms with van der Waals surface area (Å²) in [4.78, 5) is 29.3. The Morgan fingerprint density at radius 1 is 1.58 bits per heavy atom. The minimum atomic E-state index is -0.129. The van der Waals surface area contributed by atoms with Gasteiger partial charge in [-0.25, -0.2) is 0 Å². The van der Waals surface area contributed by atoms with Crippen molar-refractivity contribution in [3.05, 3.63) is 24.0 Å². The van der Waals surface area contributed by atoms with Gasteiger partial charge in [0.1, 0.15) is 0 Å². The van der Waals surface area contributed by atoms with Gasteiger partial charge in [0, 0.05) is 25.8 Å². The smallest absolute Gasteiger partial charge is 0.256 e. The van der Waals surface area contributed by atoms with E-state index in [1.807, 2.05) is 0 Å². The van der Waals surface area contributed by atoms with E-state index < -0.39 is 0 Å². The summed E-state index contributed by atoms with van der Waals surface area (Å²) in [5.74, 6) is -0.243. The SMILES string of the molecule is CCCNc1cnccc1C(=O)N1CCNC(=O)C1. The zero-order valence-corrected chi connectivity index (χ0v) is 11.0. The largest absolute Gasteiger partial charge is 0.383 e. The quantitative estimate of drug-likeness (QED) is 0.827. The van der Waals surface area contributed by atoms with Gasteiger partial charge in [-0.2, -0.15) is 0 Å². The van der Waals surface area contributed by atoms with Crippen molar-refractivity contribution in [1.29, 1.82) is 0 Å². The third-order valence-electron chi connectivity index (χ3n) is 2.94. The Morgan fingerprint density at radius 3 is 3.16 bits per heavy atom. The van der Waals surface area contributed by atoms with Gasteiger partial charge in [0.2, 0.25) is 5.91 Å². The summed E-state index contributed by atoms with van der Waals surface area (Å²) in [6.45, 7) is 4.01. The molecule has 2 rings (SSSR count). The topological polar surface area (TPSA) is 74.3 Å². The standard InChI is InChI=1S/C13H18N4O2/c1-2-4-15-11-8-14-5-3-10(11)13(19)17-7-6-16-12(18)9-17/h3,5,8,15H,2,4,6-7,9H2,1H3,(H,16,18). The lowest BCUT2D eigenvalue weighted by molar-refractivity contribution is -0.123. The van der Waals surface area contributed by atoms with Gasteiger partial charge in [-0.3, -0.25) is 14.6 Å². The Hall–Kier alpha value is -2.11. The number of carbonyl (C=O) groups excluding carboxylic acids is 2. The molecule has 0 aliphatic carbocycles. The van der Waals surface area contributed by atoms with Gasteiger partial charge in [-0.05, 0) is 12.5 Å². The number of piperazine rings is 1. The maximum Gasteiger partial charge on any atom is 0.256 e. The minimum Gasteiger partial charge on any atom is -0.383 e. The Morgan fingerprint density at radius 2 is 2.42 bits per heavy atom. The molecule has 19 heavy (non-hydrogen) atoms. The monoisotopic (exact) mass is 262 g/mol. The number of carbonyl (C=O) groups is 2. The first-order valence-corrected chi connectivity index (χ1v) is 6.46. The summed E-state index contributed by atoms with van der Waals surface area (Å²) in [7, 11) is 0. The Balaban J connectivity index is 2.15. The average molecular weight is 262 g/mol. The second kappa shape index (κ2) is 6.17. The summed E-state index contributed by atoms with van der Waals surface area (Å²) in [6, 6.07) is 1.69. The van der Waals surface area contributed by atoms with Crippen LogP contribution in [0.3, 0.4) is 0 Å². The van der Waals surface area contributed by atoms with E-state index in [1.165, 1.54) is 0 Å². The molecule has 102 valence electrons. The predicted molar refractivity (Wildman–Crippen MR) is 71.9 cm³/mol.